The van der Waals surface area contributed by atoms with Gasteiger partial charge in [0.05, 0.1) is 5.56 Å². The first-order valence-corrected chi connectivity index (χ1v) is 6.31. The molecule has 0 aliphatic heterocycles. The van der Waals surface area contributed by atoms with Gasteiger partial charge in [0.25, 0.3) is 0 Å². The molecule has 0 bridgehead atoms. The standard InChI is InChI=1S/C14H20N2O3/c1-4-5-8-16(3)14(19)15-11-6-7-12(13(17)18)10(2)9-11/h6-7,9H,4-5,8H2,1-3H3,(H,15,19)(H,17,18). The van der Waals surface area contributed by atoms with Crippen LogP contribution in [-0.2, 0) is 0 Å². The van der Waals surface area contributed by atoms with Gasteiger partial charge < -0.3 is 15.3 Å². The smallest absolute Gasteiger partial charge is 0.335 e. The number of urea groups is 1. The topological polar surface area (TPSA) is 69.6 Å². The number of hydrogen-bond acceptors (Lipinski definition) is 2. The number of amides is 2. The second-order valence-electron chi connectivity index (χ2n) is 4.54. The van der Waals surface area contributed by atoms with E-state index in [1.165, 1.54) is 6.07 Å². The number of unbranched alkanes of at least 4 members (excludes halogenated alkanes) is 1. The van der Waals surface area contributed by atoms with Crippen LogP contribution in [0.2, 0.25) is 0 Å². The van der Waals surface area contributed by atoms with Gasteiger partial charge in [0, 0.05) is 19.3 Å². The van der Waals surface area contributed by atoms with Gasteiger partial charge in [-0.25, -0.2) is 9.59 Å². The quantitative estimate of drug-likeness (QED) is 0.859. The number of carboxylic acid groups (broad SMARTS) is 1. The van der Waals surface area contributed by atoms with E-state index in [0.29, 0.717) is 17.8 Å². The molecule has 0 aromatic heterocycles. The Kier molecular flexibility index (Phi) is 5.36. The molecule has 0 spiro atoms. The van der Waals surface area contributed by atoms with Crippen molar-refractivity contribution in [3.05, 3.63) is 29.3 Å². The first kappa shape index (κ1) is 15.0. The SMILES string of the molecule is CCCCN(C)C(=O)Nc1ccc(C(=O)O)c(C)c1. The molecule has 0 unspecified atom stereocenters. The number of carboxylic acids is 1. The summed E-state index contributed by atoms with van der Waals surface area (Å²) < 4.78 is 0. The Bertz CT molecular complexity index is 472. The summed E-state index contributed by atoms with van der Waals surface area (Å²) in [5, 5.41) is 11.7. The molecule has 0 saturated heterocycles. The van der Waals surface area contributed by atoms with Crippen molar-refractivity contribution in [2.75, 3.05) is 18.9 Å². The molecular weight excluding hydrogens is 244 g/mol. The Morgan fingerprint density at radius 2 is 2.05 bits per heavy atom. The van der Waals surface area contributed by atoms with Gasteiger partial charge in [-0.1, -0.05) is 13.3 Å². The van der Waals surface area contributed by atoms with Crippen LogP contribution >= 0.6 is 0 Å². The number of benzene rings is 1. The van der Waals surface area contributed by atoms with Crippen LogP contribution in [0.15, 0.2) is 18.2 Å². The molecule has 5 nitrogen and oxygen atoms in total. The van der Waals surface area contributed by atoms with Gasteiger partial charge in [-0.3, -0.25) is 0 Å². The fraction of sp³-hybridized carbons (Fsp3) is 0.429. The summed E-state index contributed by atoms with van der Waals surface area (Å²) in [5.41, 5.74) is 1.48. The lowest BCUT2D eigenvalue weighted by atomic mass is 10.1. The summed E-state index contributed by atoms with van der Waals surface area (Å²) in [5.74, 6) is -0.963. The highest BCUT2D eigenvalue weighted by Gasteiger charge is 2.11. The second kappa shape index (κ2) is 6.78. The molecule has 104 valence electrons. The Balaban J connectivity index is 2.70. The molecule has 0 fully saturated rings. The van der Waals surface area contributed by atoms with Gasteiger partial charge >= 0.3 is 12.0 Å². The number of carbonyl (C=O) groups is 2. The lowest BCUT2D eigenvalue weighted by Gasteiger charge is -2.17. The molecule has 0 aliphatic rings. The molecule has 0 saturated carbocycles. The molecule has 1 aromatic rings. The monoisotopic (exact) mass is 264 g/mol. The van der Waals surface area contributed by atoms with Crippen LogP contribution in [0.5, 0.6) is 0 Å². The van der Waals surface area contributed by atoms with Gasteiger partial charge in [0.1, 0.15) is 0 Å². The van der Waals surface area contributed by atoms with Gasteiger partial charge in [0.15, 0.2) is 0 Å². The number of aromatic carboxylic acids is 1. The first-order chi connectivity index (χ1) is 8.95. The molecule has 2 N–H and O–H groups in total. The van der Waals surface area contributed by atoms with E-state index in [4.69, 9.17) is 5.11 Å². The van der Waals surface area contributed by atoms with Crippen molar-refractivity contribution in [1.29, 1.82) is 0 Å². The average molecular weight is 264 g/mol. The van der Waals surface area contributed by atoms with Crippen LogP contribution in [0.3, 0.4) is 0 Å². The van der Waals surface area contributed by atoms with Crippen LogP contribution in [0, 0.1) is 6.92 Å². The van der Waals surface area contributed by atoms with Crippen LogP contribution in [0.1, 0.15) is 35.7 Å². The summed E-state index contributed by atoms with van der Waals surface area (Å²) in [6, 6.07) is 4.58. The van der Waals surface area contributed by atoms with Crippen molar-refractivity contribution in [3.8, 4) is 0 Å². The Morgan fingerprint density at radius 3 is 2.58 bits per heavy atom. The van der Waals surface area contributed by atoms with E-state index >= 15 is 0 Å². The van der Waals surface area contributed by atoms with Crippen molar-refractivity contribution in [2.24, 2.45) is 0 Å². The fourth-order valence-electron chi connectivity index (χ4n) is 1.70. The summed E-state index contributed by atoms with van der Waals surface area (Å²) in [7, 11) is 1.74. The number of nitrogens with one attached hydrogen (secondary N) is 1. The number of rotatable bonds is 5. The Labute approximate surface area is 113 Å². The third-order valence-corrected chi connectivity index (χ3v) is 2.90. The number of aryl methyl sites for hydroxylation is 1. The Morgan fingerprint density at radius 1 is 1.37 bits per heavy atom. The third-order valence-electron chi connectivity index (χ3n) is 2.90. The second-order valence-corrected chi connectivity index (χ2v) is 4.54. The first-order valence-electron chi connectivity index (χ1n) is 6.31. The van der Waals surface area contributed by atoms with Crippen LogP contribution in [-0.4, -0.2) is 35.6 Å². The zero-order valence-corrected chi connectivity index (χ0v) is 11.6. The van der Waals surface area contributed by atoms with E-state index in [2.05, 4.69) is 12.2 Å². The van der Waals surface area contributed by atoms with Crippen LogP contribution in [0.4, 0.5) is 10.5 Å². The maximum atomic E-state index is 11.8. The zero-order valence-electron chi connectivity index (χ0n) is 11.6. The van der Waals surface area contributed by atoms with Crippen molar-refractivity contribution in [1.82, 2.24) is 4.90 Å². The normalized spacial score (nSPS) is 10.1. The van der Waals surface area contributed by atoms with Crippen molar-refractivity contribution in [2.45, 2.75) is 26.7 Å². The molecular formula is C14H20N2O3. The Hall–Kier alpha value is -2.04. The van der Waals surface area contributed by atoms with Gasteiger partial charge in [-0.15, -0.1) is 0 Å². The summed E-state index contributed by atoms with van der Waals surface area (Å²) in [6.45, 7) is 4.48. The number of carbonyl (C=O) groups excluding carboxylic acids is 1. The van der Waals surface area contributed by atoms with Crippen molar-refractivity contribution >= 4 is 17.7 Å². The maximum Gasteiger partial charge on any atom is 0.335 e. The van der Waals surface area contributed by atoms with E-state index < -0.39 is 5.97 Å². The summed E-state index contributed by atoms with van der Waals surface area (Å²) in [4.78, 5) is 24.3. The molecule has 0 heterocycles. The van der Waals surface area contributed by atoms with Crippen molar-refractivity contribution < 1.29 is 14.7 Å². The molecule has 2 amide bonds. The number of anilines is 1. The van der Waals surface area contributed by atoms with E-state index in [1.807, 2.05) is 0 Å². The highest BCUT2D eigenvalue weighted by atomic mass is 16.4. The minimum Gasteiger partial charge on any atom is -0.478 e. The summed E-state index contributed by atoms with van der Waals surface area (Å²) >= 11 is 0. The highest BCUT2D eigenvalue weighted by Crippen LogP contribution is 2.15. The largest absolute Gasteiger partial charge is 0.478 e. The molecule has 0 radical (unpaired) electrons. The third kappa shape index (κ3) is 4.28. The predicted octanol–water partition coefficient (Wildman–Crippen LogP) is 2.96. The van der Waals surface area contributed by atoms with Gasteiger partial charge in [-0.05, 0) is 37.1 Å². The van der Waals surface area contributed by atoms with E-state index in [9.17, 15) is 9.59 Å². The summed E-state index contributed by atoms with van der Waals surface area (Å²) in [6.07, 6.45) is 1.99. The average Bonchev–Trinajstić information content (AvgIpc) is 2.35. The van der Waals surface area contributed by atoms with E-state index in [1.54, 1.807) is 31.0 Å². The lowest BCUT2D eigenvalue weighted by Crippen LogP contribution is -2.32. The van der Waals surface area contributed by atoms with Gasteiger partial charge in [-0.2, -0.15) is 0 Å². The van der Waals surface area contributed by atoms with Gasteiger partial charge in [0.2, 0.25) is 0 Å². The van der Waals surface area contributed by atoms with E-state index in [0.717, 1.165) is 12.8 Å². The molecule has 5 heteroatoms. The number of nitrogens with zero attached hydrogens (tertiary/aromatic N) is 1. The highest BCUT2D eigenvalue weighted by molar-refractivity contribution is 5.92. The molecule has 1 aromatic carbocycles. The molecule has 19 heavy (non-hydrogen) atoms. The minimum atomic E-state index is -0.963. The molecule has 0 aliphatic carbocycles. The fourth-order valence-corrected chi connectivity index (χ4v) is 1.70. The maximum absolute atomic E-state index is 11.8. The van der Waals surface area contributed by atoms with Crippen molar-refractivity contribution in [3.63, 3.8) is 0 Å². The lowest BCUT2D eigenvalue weighted by molar-refractivity contribution is 0.0696. The predicted molar refractivity (Wildman–Crippen MR) is 74.7 cm³/mol. The van der Waals surface area contributed by atoms with Crippen LogP contribution < -0.4 is 5.32 Å². The number of hydrogen-bond donors (Lipinski definition) is 2. The molecule has 1 rings (SSSR count). The minimum absolute atomic E-state index is 0.184. The van der Waals surface area contributed by atoms with E-state index in [-0.39, 0.29) is 11.6 Å². The van der Waals surface area contributed by atoms with Crippen LogP contribution in [0.25, 0.3) is 0 Å². The molecule has 0 atom stereocenters. The zero-order chi connectivity index (χ0) is 14.4.